The van der Waals surface area contributed by atoms with Crippen LogP contribution in [0.25, 0.3) is 0 Å². The van der Waals surface area contributed by atoms with Crippen LogP contribution in [0.3, 0.4) is 0 Å². The van der Waals surface area contributed by atoms with E-state index in [9.17, 15) is 19.8 Å². The van der Waals surface area contributed by atoms with Gasteiger partial charge < -0.3 is 26.2 Å². The molecule has 0 aromatic heterocycles. The number of amides is 2. The van der Waals surface area contributed by atoms with Crippen LogP contribution in [0.4, 0.5) is 0 Å². The molecule has 2 aromatic rings. The molecule has 2 rings (SSSR count). The lowest BCUT2D eigenvalue weighted by Gasteiger charge is -2.31. The van der Waals surface area contributed by atoms with Crippen molar-refractivity contribution in [3.8, 4) is 11.5 Å². The first-order valence-electron chi connectivity index (χ1n) is 11.2. The third-order valence-corrected chi connectivity index (χ3v) is 5.75. The molecule has 7 nitrogen and oxygen atoms in total. The minimum atomic E-state index is -0.668. The van der Waals surface area contributed by atoms with Gasteiger partial charge in [0.2, 0.25) is 5.91 Å². The van der Waals surface area contributed by atoms with E-state index in [4.69, 9.17) is 5.73 Å². The van der Waals surface area contributed by atoms with Crippen molar-refractivity contribution in [2.24, 2.45) is 11.7 Å². The molecule has 0 saturated heterocycles. The van der Waals surface area contributed by atoms with Crippen LogP contribution in [0.15, 0.2) is 42.5 Å². The van der Waals surface area contributed by atoms with E-state index in [1.165, 1.54) is 6.07 Å². The number of hydrogen-bond acceptors (Lipinski definition) is 5. The van der Waals surface area contributed by atoms with Crippen molar-refractivity contribution in [1.29, 1.82) is 0 Å². The van der Waals surface area contributed by atoms with Gasteiger partial charge in [0.1, 0.15) is 6.04 Å². The van der Waals surface area contributed by atoms with Gasteiger partial charge >= 0.3 is 0 Å². The van der Waals surface area contributed by atoms with Crippen molar-refractivity contribution in [1.82, 2.24) is 10.2 Å². The van der Waals surface area contributed by atoms with E-state index in [2.05, 4.69) is 5.32 Å². The summed E-state index contributed by atoms with van der Waals surface area (Å²) in [4.78, 5) is 28.1. The molecule has 32 heavy (non-hydrogen) atoms. The number of phenolic OH excluding ortho intramolecular Hbond substituents is 2. The van der Waals surface area contributed by atoms with Crippen LogP contribution >= 0.6 is 0 Å². The third kappa shape index (κ3) is 6.47. The summed E-state index contributed by atoms with van der Waals surface area (Å²) < 4.78 is 0. The molecule has 0 saturated carbocycles. The molecular weight excluding hydrogens is 406 g/mol. The third-order valence-electron chi connectivity index (χ3n) is 5.75. The fourth-order valence-corrected chi connectivity index (χ4v) is 3.58. The van der Waals surface area contributed by atoms with Crippen molar-refractivity contribution in [3.05, 3.63) is 59.2 Å². The lowest BCUT2D eigenvalue weighted by molar-refractivity contribution is -0.134. The summed E-state index contributed by atoms with van der Waals surface area (Å²) in [6.45, 7) is 7.16. The lowest BCUT2D eigenvalue weighted by atomic mass is 9.96. The highest BCUT2D eigenvalue weighted by molar-refractivity contribution is 5.97. The van der Waals surface area contributed by atoms with Gasteiger partial charge in [0.05, 0.1) is 0 Å². The first-order chi connectivity index (χ1) is 15.3. The van der Waals surface area contributed by atoms with Crippen LogP contribution in [0.2, 0.25) is 0 Å². The van der Waals surface area contributed by atoms with Gasteiger partial charge in [-0.05, 0) is 48.1 Å². The zero-order valence-electron chi connectivity index (χ0n) is 19.2. The Morgan fingerprint density at radius 1 is 1.09 bits per heavy atom. The van der Waals surface area contributed by atoms with Crippen LogP contribution < -0.4 is 11.1 Å². The van der Waals surface area contributed by atoms with Gasteiger partial charge in [0, 0.05) is 25.2 Å². The molecule has 0 bridgehead atoms. The first kappa shape index (κ1) is 25.2. The average molecular weight is 442 g/mol. The summed E-state index contributed by atoms with van der Waals surface area (Å²) >= 11 is 0. The number of rotatable bonds is 11. The quantitative estimate of drug-likeness (QED) is 0.400. The Balaban J connectivity index is 2.19. The molecule has 0 fully saturated rings. The van der Waals surface area contributed by atoms with Crippen molar-refractivity contribution in [3.63, 3.8) is 0 Å². The fraction of sp³-hybridized carbons (Fsp3) is 0.440. The van der Waals surface area contributed by atoms with E-state index in [1.54, 1.807) is 35.2 Å². The normalized spacial score (nSPS) is 12.8. The van der Waals surface area contributed by atoms with Gasteiger partial charge in [0.15, 0.2) is 11.5 Å². The van der Waals surface area contributed by atoms with Crippen LogP contribution in [0.1, 0.15) is 55.1 Å². The summed E-state index contributed by atoms with van der Waals surface area (Å²) in [5.74, 6) is -0.855. The van der Waals surface area contributed by atoms with Crippen LogP contribution in [0.5, 0.6) is 11.5 Å². The molecule has 2 atom stereocenters. The highest BCUT2D eigenvalue weighted by atomic mass is 16.3. The monoisotopic (exact) mass is 441 g/mol. The number of nitrogens with zero attached hydrogens (tertiary/aromatic N) is 1. The van der Waals surface area contributed by atoms with Crippen molar-refractivity contribution < 1.29 is 19.8 Å². The van der Waals surface area contributed by atoms with E-state index in [-0.39, 0.29) is 29.2 Å². The Bertz CT molecular complexity index is 916. The maximum absolute atomic E-state index is 13.5. The number of phenols is 2. The molecule has 7 heteroatoms. The average Bonchev–Trinajstić information content (AvgIpc) is 2.81. The standard InChI is InChI=1S/C25H35N3O4/c1-4-13-28(14-12-19-9-7-11-21(29)23(19)30)25(32)22(17(3)5-2)27-24(31)20-10-6-8-18(15-20)16-26/h6-11,15,17,22,29-30H,4-5,12-14,16,26H2,1-3H3,(H,27,31)/t17?,22-/m0/s1. The summed E-state index contributed by atoms with van der Waals surface area (Å²) in [6, 6.07) is 11.2. The number of hydrogen-bond donors (Lipinski definition) is 4. The number of aromatic hydroxyl groups is 2. The Morgan fingerprint density at radius 2 is 1.81 bits per heavy atom. The molecule has 1 unspecified atom stereocenters. The minimum Gasteiger partial charge on any atom is -0.504 e. The highest BCUT2D eigenvalue weighted by Gasteiger charge is 2.30. The molecule has 0 heterocycles. The minimum absolute atomic E-state index is 0.0577. The zero-order valence-corrected chi connectivity index (χ0v) is 19.2. The molecule has 0 spiro atoms. The Labute approximate surface area is 190 Å². The van der Waals surface area contributed by atoms with E-state index >= 15 is 0 Å². The summed E-state index contributed by atoms with van der Waals surface area (Å²) in [7, 11) is 0. The Kier molecular flexibility index (Phi) is 9.53. The van der Waals surface area contributed by atoms with E-state index < -0.39 is 6.04 Å². The molecule has 2 aromatic carbocycles. The highest BCUT2D eigenvalue weighted by Crippen LogP contribution is 2.28. The van der Waals surface area contributed by atoms with Gasteiger partial charge in [0.25, 0.3) is 5.91 Å². The van der Waals surface area contributed by atoms with E-state index in [0.717, 1.165) is 18.4 Å². The molecule has 0 aliphatic heterocycles. The van der Waals surface area contributed by atoms with E-state index in [1.807, 2.05) is 26.8 Å². The maximum Gasteiger partial charge on any atom is 0.251 e. The van der Waals surface area contributed by atoms with Crippen molar-refractivity contribution >= 4 is 11.8 Å². The van der Waals surface area contributed by atoms with Crippen molar-refractivity contribution in [2.75, 3.05) is 13.1 Å². The molecule has 0 aliphatic carbocycles. The molecule has 0 radical (unpaired) electrons. The van der Waals surface area contributed by atoms with Gasteiger partial charge in [-0.15, -0.1) is 0 Å². The number of nitrogens with one attached hydrogen (secondary N) is 1. The number of para-hydroxylation sites is 1. The second-order valence-corrected chi connectivity index (χ2v) is 8.10. The molecule has 174 valence electrons. The van der Waals surface area contributed by atoms with Gasteiger partial charge in [-0.25, -0.2) is 0 Å². The predicted octanol–water partition coefficient (Wildman–Crippen LogP) is 3.18. The van der Waals surface area contributed by atoms with Gasteiger partial charge in [-0.2, -0.15) is 0 Å². The van der Waals surface area contributed by atoms with E-state index in [0.29, 0.717) is 37.2 Å². The van der Waals surface area contributed by atoms with Crippen LogP contribution in [-0.4, -0.2) is 46.1 Å². The molecule has 2 amide bonds. The van der Waals surface area contributed by atoms with Gasteiger partial charge in [-0.3, -0.25) is 9.59 Å². The summed E-state index contributed by atoms with van der Waals surface area (Å²) in [6.07, 6.45) is 1.88. The second kappa shape index (κ2) is 12.1. The Hall–Kier alpha value is -3.06. The first-order valence-corrected chi connectivity index (χ1v) is 11.2. The largest absolute Gasteiger partial charge is 0.504 e. The predicted molar refractivity (Wildman–Crippen MR) is 125 cm³/mol. The molecule has 0 aliphatic rings. The van der Waals surface area contributed by atoms with Gasteiger partial charge in [-0.1, -0.05) is 51.5 Å². The summed E-state index contributed by atoms with van der Waals surface area (Å²) in [5.41, 5.74) is 7.58. The Morgan fingerprint density at radius 3 is 2.47 bits per heavy atom. The van der Waals surface area contributed by atoms with Crippen LogP contribution in [0, 0.1) is 5.92 Å². The zero-order chi connectivity index (χ0) is 23.7. The number of benzene rings is 2. The maximum atomic E-state index is 13.5. The molecular formula is C25H35N3O4. The van der Waals surface area contributed by atoms with Crippen LogP contribution in [-0.2, 0) is 17.8 Å². The SMILES string of the molecule is CCCN(CCc1cccc(O)c1O)C(=O)[C@@H](NC(=O)c1cccc(CN)c1)C(C)CC. The number of carbonyl (C=O) groups is 2. The summed E-state index contributed by atoms with van der Waals surface area (Å²) in [5, 5.41) is 22.7. The topological polar surface area (TPSA) is 116 Å². The smallest absolute Gasteiger partial charge is 0.251 e. The molecule has 5 N–H and O–H groups in total. The second-order valence-electron chi connectivity index (χ2n) is 8.10. The van der Waals surface area contributed by atoms with Crippen molar-refractivity contribution in [2.45, 2.75) is 52.6 Å². The number of carbonyl (C=O) groups excluding carboxylic acids is 2. The fourth-order valence-electron chi connectivity index (χ4n) is 3.58. The number of nitrogens with two attached hydrogens (primary N) is 1. The lowest BCUT2D eigenvalue weighted by Crippen LogP contribution is -2.52.